The zero-order valence-corrected chi connectivity index (χ0v) is 47.7. The number of aliphatic hydroxyl groups excluding tert-OH is 8. The van der Waals surface area contributed by atoms with E-state index in [0.29, 0.717) is 11.5 Å². The Bertz CT molecular complexity index is 2880. The number of aromatic nitrogens is 4. The lowest BCUT2D eigenvalue weighted by Crippen LogP contribution is -2.60. The summed E-state index contributed by atoms with van der Waals surface area (Å²) in [5.74, 6) is 0.708. The summed E-state index contributed by atoms with van der Waals surface area (Å²) in [7, 11) is 0. The Kier molecular flexibility index (Phi) is 22.0. The first-order valence-electron chi connectivity index (χ1n) is 30.3. The minimum Gasteiger partial charge on any atom is -0.462 e. The van der Waals surface area contributed by atoms with E-state index in [1.165, 1.54) is 83.5 Å². The molecule has 3 aromatic heterocycles. The Hall–Kier alpha value is -5.76. The molecule has 2 saturated heterocycles. The van der Waals surface area contributed by atoms with Gasteiger partial charge >= 0.3 is 0 Å². The summed E-state index contributed by atoms with van der Waals surface area (Å²) in [4.78, 5) is 18.6. The van der Waals surface area contributed by atoms with E-state index in [4.69, 9.17) is 28.9 Å². The SMILES string of the molecule is CCCCCCCCCCCc1c2nc(c(-c3ccc(O[C@@H]4O[C@H](CO)[C@@H](O)[C@H](O)[C@H]4O)cc3)c3ccc([nH]3)c(CCCCCCCCCCC)c3ccc([nH]3)c(-c3ccc(O[C@@H]4O[C@H](CO)[C@@H](O)[C@H](O)[C@H]4O)cc3)c3nc1C=C3)C=C2. The van der Waals surface area contributed by atoms with Gasteiger partial charge in [0.1, 0.15) is 60.3 Å². The predicted molar refractivity (Wildman–Crippen MR) is 320 cm³/mol. The van der Waals surface area contributed by atoms with E-state index in [9.17, 15) is 40.9 Å². The van der Waals surface area contributed by atoms with Crippen molar-refractivity contribution in [2.24, 2.45) is 0 Å². The number of aliphatic hydroxyl groups is 8. The number of aromatic amines is 2. The molecule has 0 spiro atoms. The van der Waals surface area contributed by atoms with Gasteiger partial charge in [-0.25, -0.2) is 9.97 Å². The zero-order chi connectivity index (χ0) is 57.5. The van der Waals surface area contributed by atoms with Crippen molar-refractivity contribution in [2.45, 2.75) is 204 Å². The van der Waals surface area contributed by atoms with E-state index >= 15 is 0 Å². The van der Waals surface area contributed by atoms with Gasteiger partial charge in [0, 0.05) is 38.8 Å². The highest BCUT2D eigenvalue weighted by molar-refractivity contribution is 5.94. The Balaban J connectivity index is 1.14. The number of H-pyrrole nitrogens is 2. The van der Waals surface area contributed by atoms with E-state index < -0.39 is 74.6 Å². The lowest BCUT2D eigenvalue weighted by atomic mass is 9.99. The van der Waals surface area contributed by atoms with Crippen molar-refractivity contribution in [2.75, 3.05) is 13.2 Å². The van der Waals surface area contributed by atoms with E-state index in [2.05, 4.69) is 72.4 Å². The van der Waals surface area contributed by atoms with E-state index in [1.54, 1.807) is 24.3 Å². The highest BCUT2D eigenvalue weighted by Crippen LogP contribution is 2.37. The second kappa shape index (κ2) is 29.7. The first-order chi connectivity index (χ1) is 40.0. The normalized spacial score (nSPS) is 23.4. The molecule has 4 aliphatic heterocycles. The largest absolute Gasteiger partial charge is 0.462 e. The molecule has 10 N–H and O–H groups in total. The molecular formula is C66H86N4O12. The molecule has 16 nitrogen and oxygen atoms in total. The molecule has 8 bridgehead atoms. The number of benzene rings is 2. The third-order valence-corrected chi connectivity index (χ3v) is 16.5. The molecule has 0 radical (unpaired) electrons. The van der Waals surface area contributed by atoms with Gasteiger partial charge in [0.05, 0.1) is 36.0 Å². The standard InChI is InChI=1S/C66H86N4O12/c1-3-5-7-9-11-13-15-17-19-21-45-47-31-35-51(67-47)57(41-23-27-43(28-24-41)79-65-63(77)61(75)59(73)55(39-71)81-65)53-37-33-49(69-53)46(22-20-18-16-14-12-10-8-6-4-2)50-34-38-54(70-50)58(52-36-32-48(45)68-52)42-25-29-44(30-26-42)80-66-64(78)62(76)60(74)56(40-72)82-66/h23-38,55-56,59-68,71-78H,3-22,39-40H2,1-2H3/t55-,56-,59-,60-,61+,62+,63-,64-,65-,66-/m1/s1. The van der Waals surface area contributed by atoms with Crippen molar-refractivity contribution >= 4 is 46.4 Å². The van der Waals surface area contributed by atoms with Crippen LogP contribution < -0.4 is 9.47 Å². The van der Waals surface area contributed by atoms with Crippen LogP contribution >= 0.6 is 0 Å². The summed E-state index contributed by atoms with van der Waals surface area (Å²) in [5, 5.41) is 82.9. The number of fused-ring (bicyclic) bond motifs is 8. The maximum absolute atomic E-state index is 10.8. The van der Waals surface area contributed by atoms with Gasteiger partial charge in [-0.1, -0.05) is 141 Å². The van der Waals surface area contributed by atoms with E-state index in [1.807, 2.05) is 24.3 Å². The summed E-state index contributed by atoms with van der Waals surface area (Å²) in [6, 6.07) is 23.3. The number of nitrogens with zero attached hydrogens (tertiary/aromatic N) is 2. The van der Waals surface area contributed by atoms with Gasteiger partial charge in [-0.3, -0.25) is 0 Å². The highest BCUT2D eigenvalue weighted by Gasteiger charge is 2.46. The van der Waals surface area contributed by atoms with Gasteiger partial charge in [0.15, 0.2) is 0 Å². The van der Waals surface area contributed by atoms with Crippen LogP contribution in [0.2, 0.25) is 0 Å². The van der Waals surface area contributed by atoms with Crippen LogP contribution in [0.4, 0.5) is 0 Å². The molecule has 0 amide bonds. The molecular weight excluding hydrogens is 1040 g/mol. The van der Waals surface area contributed by atoms with E-state index in [-0.39, 0.29) is 0 Å². The number of nitrogens with one attached hydrogen (secondary N) is 2. The van der Waals surface area contributed by atoms with E-state index in [0.717, 1.165) is 123 Å². The molecule has 7 heterocycles. The highest BCUT2D eigenvalue weighted by atomic mass is 16.7. The molecule has 0 aliphatic carbocycles. The van der Waals surface area contributed by atoms with Gasteiger partial charge in [0.2, 0.25) is 12.6 Å². The molecule has 82 heavy (non-hydrogen) atoms. The van der Waals surface area contributed by atoms with Crippen molar-refractivity contribution in [3.63, 3.8) is 0 Å². The van der Waals surface area contributed by atoms with Crippen molar-refractivity contribution < 1.29 is 59.8 Å². The van der Waals surface area contributed by atoms with Crippen LogP contribution in [0.25, 0.3) is 68.6 Å². The van der Waals surface area contributed by atoms with Gasteiger partial charge in [-0.2, -0.15) is 0 Å². The van der Waals surface area contributed by atoms with Crippen LogP contribution in [0.15, 0.2) is 72.8 Å². The van der Waals surface area contributed by atoms with Crippen molar-refractivity contribution in [1.82, 2.24) is 19.9 Å². The summed E-state index contributed by atoms with van der Waals surface area (Å²) in [6.45, 7) is 3.36. The van der Waals surface area contributed by atoms with Crippen LogP contribution in [-0.4, -0.2) is 135 Å². The Morgan fingerprint density at radius 2 is 0.732 bits per heavy atom. The van der Waals surface area contributed by atoms with Crippen LogP contribution in [0.5, 0.6) is 11.5 Å². The quantitative estimate of drug-likeness (QED) is 0.0205. The first-order valence-corrected chi connectivity index (χ1v) is 30.3. The lowest BCUT2D eigenvalue weighted by Gasteiger charge is -2.39. The number of aryl methyl sites for hydroxylation is 1. The third kappa shape index (κ3) is 14.8. The smallest absolute Gasteiger partial charge is 0.229 e. The fraction of sp³-hybridized carbons (Fsp3) is 0.515. The van der Waals surface area contributed by atoms with Crippen LogP contribution in [0, 0.1) is 0 Å². The molecule has 2 aromatic carbocycles. The topological polar surface area (TPSA) is 256 Å². The van der Waals surface area contributed by atoms with Crippen LogP contribution in [0.1, 0.15) is 163 Å². The number of hydrogen-bond acceptors (Lipinski definition) is 14. The number of unbranched alkanes of at least 4 members (excludes halogenated alkanes) is 16. The number of hydrogen-bond donors (Lipinski definition) is 10. The van der Waals surface area contributed by atoms with Crippen LogP contribution in [-0.2, 0) is 22.3 Å². The van der Waals surface area contributed by atoms with Crippen molar-refractivity contribution in [3.05, 3.63) is 107 Å². The average molecular weight is 1130 g/mol. The maximum Gasteiger partial charge on any atom is 0.229 e. The second-order valence-corrected chi connectivity index (χ2v) is 22.5. The minimum atomic E-state index is -1.57. The molecule has 9 rings (SSSR count). The fourth-order valence-corrected chi connectivity index (χ4v) is 11.7. The lowest BCUT2D eigenvalue weighted by molar-refractivity contribution is -0.277. The molecule has 5 aromatic rings. The minimum absolute atomic E-state index is 0.354. The Morgan fingerprint density at radius 3 is 1.11 bits per heavy atom. The van der Waals surface area contributed by atoms with Gasteiger partial charge < -0.3 is 69.8 Å². The Morgan fingerprint density at radius 1 is 0.390 bits per heavy atom. The predicted octanol–water partition coefficient (Wildman–Crippen LogP) is 10.5. The molecule has 4 aliphatic rings. The maximum atomic E-state index is 10.8. The third-order valence-electron chi connectivity index (χ3n) is 16.5. The number of rotatable bonds is 28. The molecule has 442 valence electrons. The number of ether oxygens (including phenoxy) is 4. The molecule has 10 atom stereocenters. The van der Waals surface area contributed by atoms with Gasteiger partial charge in [-0.05, 0) is 115 Å². The monoisotopic (exact) mass is 1130 g/mol. The molecule has 16 heteroatoms. The second-order valence-electron chi connectivity index (χ2n) is 22.5. The molecule has 0 saturated carbocycles. The first kappa shape index (κ1) is 60.8. The summed E-state index contributed by atoms with van der Waals surface area (Å²) >= 11 is 0. The summed E-state index contributed by atoms with van der Waals surface area (Å²) in [6.07, 6.45) is 17.3. The zero-order valence-electron chi connectivity index (χ0n) is 47.7. The van der Waals surface area contributed by atoms with Crippen molar-refractivity contribution in [1.29, 1.82) is 0 Å². The fourth-order valence-electron chi connectivity index (χ4n) is 11.7. The van der Waals surface area contributed by atoms with Crippen LogP contribution in [0.3, 0.4) is 0 Å². The van der Waals surface area contributed by atoms with Crippen molar-refractivity contribution in [3.8, 4) is 33.8 Å². The molecule has 2 fully saturated rings. The Labute approximate surface area is 481 Å². The van der Waals surface area contributed by atoms with Gasteiger partial charge in [0.25, 0.3) is 0 Å². The van der Waals surface area contributed by atoms with Gasteiger partial charge in [-0.15, -0.1) is 0 Å². The average Bonchev–Trinajstić information content (AvgIpc) is 4.29. The summed E-state index contributed by atoms with van der Waals surface area (Å²) in [5.41, 5.74) is 12.4. The summed E-state index contributed by atoms with van der Waals surface area (Å²) < 4.78 is 23.4. The molecule has 0 unspecified atom stereocenters.